The molecule has 2 fully saturated rings. The van der Waals surface area contributed by atoms with E-state index in [1.165, 1.54) is 24.8 Å². The van der Waals surface area contributed by atoms with Gasteiger partial charge in [0.15, 0.2) is 0 Å². The first-order valence-electron chi connectivity index (χ1n) is 10.4. The standard InChI is InChI=1S/C22H33N3O2/c1-15-13-16(2)20(17(3)14-15)24-21(26)18-9-11-25(12-10-18)22(27)23-19-7-5-4-6-8-19/h13-14,18-19H,4-12H2,1-3H3,(H,23,27)(H,24,26). The van der Waals surface area contributed by atoms with Crippen molar-refractivity contribution in [3.05, 3.63) is 28.8 Å². The molecule has 27 heavy (non-hydrogen) atoms. The van der Waals surface area contributed by atoms with E-state index in [0.29, 0.717) is 19.1 Å². The molecule has 2 aliphatic rings. The van der Waals surface area contributed by atoms with Gasteiger partial charge >= 0.3 is 6.03 Å². The van der Waals surface area contributed by atoms with Gasteiger partial charge < -0.3 is 15.5 Å². The van der Waals surface area contributed by atoms with Crippen LogP contribution in [0, 0.1) is 26.7 Å². The Morgan fingerprint density at radius 2 is 1.52 bits per heavy atom. The average molecular weight is 372 g/mol. The largest absolute Gasteiger partial charge is 0.335 e. The second-order valence-corrected chi connectivity index (χ2v) is 8.31. The van der Waals surface area contributed by atoms with Crippen molar-refractivity contribution in [2.75, 3.05) is 18.4 Å². The SMILES string of the molecule is Cc1cc(C)c(NC(=O)C2CCN(C(=O)NC3CCCCC3)CC2)c(C)c1. The zero-order valence-corrected chi connectivity index (χ0v) is 16.9. The van der Waals surface area contributed by atoms with Crippen LogP contribution in [0.3, 0.4) is 0 Å². The summed E-state index contributed by atoms with van der Waals surface area (Å²) in [6.45, 7) is 7.45. The maximum atomic E-state index is 12.7. The lowest BCUT2D eigenvalue weighted by atomic mass is 9.94. The lowest BCUT2D eigenvalue weighted by molar-refractivity contribution is -0.121. The van der Waals surface area contributed by atoms with E-state index in [0.717, 1.165) is 42.5 Å². The van der Waals surface area contributed by atoms with E-state index in [4.69, 9.17) is 0 Å². The molecule has 2 N–H and O–H groups in total. The number of nitrogens with zero attached hydrogens (tertiary/aromatic N) is 1. The zero-order valence-electron chi connectivity index (χ0n) is 16.9. The minimum absolute atomic E-state index is 0.0242. The molecule has 0 bridgehead atoms. The van der Waals surface area contributed by atoms with Gasteiger partial charge in [0.2, 0.25) is 5.91 Å². The van der Waals surface area contributed by atoms with Crippen molar-refractivity contribution in [1.29, 1.82) is 0 Å². The number of aryl methyl sites for hydroxylation is 3. The van der Waals surface area contributed by atoms with Crippen LogP contribution in [-0.4, -0.2) is 36.0 Å². The summed E-state index contributed by atoms with van der Waals surface area (Å²) in [4.78, 5) is 27.1. The highest BCUT2D eigenvalue weighted by Gasteiger charge is 2.29. The Kier molecular flexibility index (Phi) is 6.40. The van der Waals surface area contributed by atoms with Gasteiger partial charge in [-0.15, -0.1) is 0 Å². The third-order valence-electron chi connectivity index (χ3n) is 6.01. The number of benzene rings is 1. The number of carbonyl (C=O) groups excluding carboxylic acids is 2. The van der Waals surface area contributed by atoms with E-state index >= 15 is 0 Å². The summed E-state index contributed by atoms with van der Waals surface area (Å²) < 4.78 is 0. The molecule has 0 radical (unpaired) electrons. The van der Waals surface area contributed by atoms with Gasteiger partial charge in [-0.2, -0.15) is 0 Å². The number of rotatable bonds is 3. The van der Waals surface area contributed by atoms with Gasteiger partial charge in [-0.05, 0) is 57.6 Å². The summed E-state index contributed by atoms with van der Waals surface area (Å²) in [5.41, 5.74) is 4.35. The fraction of sp³-hybridized carbons (Fsp3) is 0.636. The molecule has 1 aromatic rings. The highest BCUT2D eigenvalue weighted by atomic mass is 16.2. The number of nitrogens with one attached hydrogen (secondary N) is 2. The Hall–Kier alpha value is -2.04. The predicted octanol–water partition coefficient (Wildman–Crippen LogP) is 4.30. The van der Waals surface area contributed by atoms with Gasteiger partial charge in [-0.3, -0.25) is 4.79 Å². The summed E-state index contributed by atoms with van der Waals surface area (Å²) in [7, 11) is 0. The maximum absolute atomic E-state index is 12.7. The third-order valence-corrected chi connectivity index (χ3v) is 6.01. The van der Waals surface area contributed by atoms with Crippen LogP contribution < -0.4 is 10.6 Å². The van der Waals surface area contributed by atoms with Gasteiger partial charge in [0.05, 0.1) is 0 Å². The topological polar surface area (TPSA) is 61.4 Å². The molecule has 1 heterocycles. The molecule has 0 aromatic heterocycles. The van der Waals surface area contributed by atoms with Crippen molar-refractivity contribution >= 4 is 17.6 Å². The minimum atomic E-state index is -0.0242. The number of anilines is 1. The fourth-order valence-corrected chi connectivity index (χ4v) is 4.46. The minimum Gasteiger partial charge on any atom is -0.335 e. The molecule has 1 aliphatic carbocycles. The molecule has 1 aliphatic heterocycles. The predicted molar refractivity (Wildman–Crippen MR) is 109 cm³/mol. The van der Waals surface area contributed by atoms with Gasteiger partial charge in [-0.1, -0.05) is 37.0 Å². The molecule has 5 heteroatoms. The van der Waals surface area contributed by atoms with E-state index < -0.39 is 0 Å². The normalized spacial score (nSPS) is 19.0. The second-order valence-electron chi connectivity index (χ2n) is 8.31. The molecule has 0 spiro atoms. The van der Waals surface area contributed by atoms with Crippen molar-refractivity contribution in [2.24, 2.45) is 5.92 Å². The number of likely N-dealkylation sites (tertiary alicyclic amines) is 1. The zero-order chi connectivity index (χ0) is 19.4. The number of hydrogen-bond acceptors (Lipinski definition) is 2. The molecule has 3 amide bonds. The maximum Gasteiger partial charge on any atom is 0.317 e. The van der Waals surface area contributed by atoms with Crippen LogP contribution in [0.15, 0.2) is 12.1 Å². The van der Waals surface area contributed by atoms with Crippen molar-refractivity contribution in [1.82, 2.24) is 10.2 Å². The smallest absolute Gasteiger partial charge is 0.317 e. The molecular weight excluding hydrogens is 338 g/mol. The van der Waals surface area contributed by atoms with Gasteiger partial charge in [0, 0.05) is 30.7 Å². The molecule has 0 unspecified atom stereocenters. The highest BCUT2D eigenvalue weighted by Crippen LogP contribution is 2.25. The van der Waals surface area contributed by atoms with E-state index in [2.05, 4.69) is 29.7 Å². The summed E-state index contributed by atoms with van der Waals surface area (Å²) in [6, 6.07) is 4.58. The Labute approximate surface area is 162 Å². The van der Waals surface area contributed by atoms with Crippen LogP contribution in [-0.2, 0) is 4.79 Å². The van der Waals surface area contributed by atoms with Crippen LogP contribution in [0.4, 0.5) is 10.5 Å². The highest BCUT2D eigenvalue weighted by molar-refractivity contribution is 5.94. The second kappa shape index (κ2) is 8.77. The summed E-state index contributed by atoms with van der Waals surface area (Å²) in [6.07, 6.45) is 7.37. The molecule has 1 aromatic carbocycles. The summed E-state index contributed by atoms with van der Waals surface area (Å²) in [5, 5.41) is 6.31. The molecule has 0 atom stereocenters. The first-order chi connectivity index (χ1) is 12.9. The molecule has 3 rings (SSSR count). The Bertz CT molecular complexity index is 664. The molecule has 148 valence electrons. The average Bonchev–Trinajstić information content (AvgIpc) is 2.65. The van der Waals surface area contributed by atoms with Gasteiger partial charge in [0.25, 0.3) is 0 Å². The van der Waals surface area contributed by atoms with E-state index in [1.54, 1.807) is 0 Å². The molecule has 5 nitrogen and oxygen atoms in total. The number of piperidine rings is 1. The number of amides is 3. The van der Waals surface area contributed by atoms with Crippen LogP contribution in [0.25, 0.3) is 0 Å². The molecule has 1 saturated heterocycles. The third kappa shape index (κ3) is 5.02. The summed E-state index contributed by atoms with van der Waals surface area (Å²) in [5.74, 6) is 0.0567. The summed E-state index contributed by atoms with van der Waals surface area (Å²) >= 11 is 0. The van der Waals surface area contributed by atoms with Crippen molar-refractivity contribution in [2.45, 2.75) is 71.8 Å². The van der Waals surface area contributed by atoms with E-state index in [9.17, 15) is 9.59 Å². The fourth-order valence-electron chi connectivity index (χ4n) is 4.46. The monoisotopic (exact) mass is 371 g/mol. The van der Waals surface area contributed by atoms with Crippen LogP contribution in [0.1, 0.15) is 61.6 Å². The lowest BCUT2D eigenvalue weighted by Crippen LogP contribution is -2.49. The molecule has 1 saturated carbocycles. The molecular formula is C22H33N3O2. The van der Waals surface area contributed by atoms with Gasteiger partial charge in [0.1, 0.15) is 0 Å². The van der Waals surface area contributed by atoms with E-state index in [-0.39, 0.29) is 17.9 Å². The lowest BCUT2D eigenvalue weighted by Gasteiger charge is -2.33. The van der Waals surface area contributed by atoms with Crippen molar-refractivity contribution in [3.8, 4) is 0 Å². The van der Waals surface area contributed by atoms with Crippen LogP contribution >= 0.6 is 0 Å². The first-order valence-corrected chi connectivity index (χ1v) is 10.4. The van der Waals surface area contributed by atoms with Crippen molar-refractivity contribution < 1.29 is 9.59 Å². The Morgan fingerprint density at radius 1 is 0.926 bits per heavy atom. The van der Waals surface area contributed by atoms with E-state index in [1.807, 2.05) is 18.7 Å². The number of hydrogen-bond donors (Lipinski definition) is 2. The quantitative estimate of drug-likeness (QED) is 0.832. The number of carbonyl (C=O) groups is 2. The van der Waals surface area contributed by atoms with Crippen LogP contribution in [0.2, 0.25) is 0 Å². The Morgan fingerprint density at radius 3 is 2.11 bits per heavy atom. The Balaban J connectivity index is 1.50. The number of urea groups is 1. The first kappa shape index (κ1) is 19.7. The van der Waals surface area contributed by atoms with Crippen LogP contribution in [0.5, 0.6) is 0 Å². The van der Waals surface area contributed by atoms with Gasteiger partial charge in [-0.25, -0.2) is 4.79 Å². The van der Waals surface area contributed by atoms with Crippen molar-refractivity contribution in [3.63, 3.8) is 0 Å².